The van der Waals surface area contributed by atoms with Crippen LogP contribution in [0.5, 0.6) is 0 Å². The number of aliphatic hydroxyl groups is 1. The molecule has 0 unspecified atom stereocenters. The zero-order valence-corrected chi connectivity index (χ0v) is 12.1. The highest BCUT2D eigenvalue weighted by molar-refractivity contribution is 5.99. The third-order valence-corrected chi connectivity index (χ3v) is 3.93. The van der Waals surface area contributed by atoms with Crippen molar-refractivity contribution in [3.63, 3.8) is 0 Å². The maximum Gasteiger partial charge on any atom is 0.178 e. The number of rotatable bonds is 7. The van der Waals surface area contributed by atoms with Gasteiger partial charge in [-0.15, -0.1) is 0 Å². The summed E-state index contributed by atoms with van der Waals surface area (Å²) in [5.74, 6) is 0.162. The van der Waals surface area contributed by atoms with Gasteiger partial charge in [-0.2, -0.15) is 0 Å². The Morgan fingerprint density at radius 2 is 2.16 bits per heavy atom. The largest absolute Gasteiger partial charge is 0.395 e. The predicted molar refractivity (Wildman–Crippen MR) is 75.7 cm³/mol. The molecule has 0 spiro atoms. The number of carbonyl (C=O) groups excluding carboxylic acids is 1. The Bertz CT molecular complexity index is 461. The summed E-state index contributed by atoms with van der Waals surface area (Å²) < 4.78 is 2.30. The normalized spacial score (nSPS) is 15.2. The molecule has 1 heterocycles. The molecular weight excluding hydrogens is 240 g/mol. The molecule has 4 nitrogen and oxygen atoms in total. The minimum atomic E-state index is 0.0994. The van der Waals surface area contributed by atoms with Crippen LogP contribution in [0.25, 0.3) is 0 Å². The molecule has 1 aromatic rings. The number of carbonyl (C=O) groups is 1. The fourth-order valence-corrected chi connectivity index (χ4v) is 2.73. The Hall–Kier alpha value is -1.13. The highest BCUT2D eigenvalue weighted by atomic mass is 16.3. The maximum atomic E-state index is 12.4. The molecule has 0 radical (unpaired) electrons. The standard InChI is InChI=1S/C15H24N2O2/c1-4-16(7-8-18)10-15(19)14-9-11(2)17(12(14)3)13-5-6-13/h9,13,18H,4-8,10H2,1-3H3. The first-order valence-electron chi connectivity index (χ1n) is 7.13. The van der Waals surface area contributed by atoms with E-state index in [0.717, 1.165) is 17.8 Å². The van der Waals surface area contributed by atoms with Crippen molar-refractivity contribution in [2.75, 3.05) is 26.2 Å². The van der Waals surface area contributed by atoms with Crippen molar-refractivity contribution in [1.82, 2.24) is 9.47 Å². The maximum absolute atomic E-state index is 12.4. The van der Waals surface area contributed by atoms with Gasteiger partial charge < -0.3 is 9.67 Å². The Morgan fingerprint density at radius 1 is 1.47 bits per heavy atom. The van der Waals surface area contributed by atoms with Gasteiger partial charge in [0, 0.05) is 29.5 Å². The fourth-order valence-electron chi connectivity index (χ4n) is 2.73. The van der Waals surface area contributed by atoms with E-state index in [-0.39, 0.29) is 12.4 Å². The highest BCUT2D eigenvalue weighted by Crippen LogP contribution is 2.38. The van der Waals surface area contributed by atoms with Crippen LogP contribution in [-0.4, -0.2) is 46.6 Å². The Kier molecular flexibility index (Phi) is 4.42. The molecule has 106 valence electrons. The van der Waals surface area contributed by atoms with E-state index in [4.69, 9.17) is 5.11 Å². The van der Waals surface area contributed by atoms with Crippen molar-refractivity contribution in [1.29, 1.82) is 0 Å². The van der Waals surface area contributed by atoms with Gasteiger partial charge >= 0.3 is 0 Å². The van der Waals surface area contributed by atoms with Gasteiger partial charge in [0.05, 0.1) is 13.2 Å². The number of aliphatic hydroxyl groups excluding tert-OH is 1. The van der Waals surface area contributed by atoms with E-state index in [0.29, 0.717) is 19.1 Å². The molecule has 0 saturated heterocycles. The topological polar surface area (TPSA) is 45.5 Å². The second-order valence-electron chi connectivity index (χ2n) is 5.40. The van der Waals surface area contributed by atoms with E-state index >= 15 is 0 Å². The third-order valence-electron chi connectivity index (χ3n) is 3.93. The molecule has 1 fully saturated rings. The van der Waals surface area contributed by atoms with Gasteiger partial charge in [-0.1, -0.05) is 6.92 Å². The molecule has 0 aliphatic heterocycles. The number of aryl methyl sites for hydroxylation is 1. The minimum Gasteiger partial charge on any atom is -0.395 e. The van der Waals surface area contributed by atoms with Crippen molar-refractivity contribution in [2.24, 2.45) is 0 Å². The smallest absolute Gasteiger partial charge is 0.178 e. The molecule has 0 atom stereocenters. The zero-order chi connectivity index (χ0) is 14.0. The predicted octanol–water partition coefficient (Wildman–Crippen LogP) is 1.94. The molecule has 2 rings (SSSR count). The van der Waals surface area contributed by atoms with Gasteiger partial charge in [0.15, 0.2) is 5.78 Å². The lowest BCUT2D eigenvalue weighted by molar-refractivity contribution is 0.0919. The van der Waals surface area contributed by atoms with E-state index < -0.39 is 0 Å². The Labute approximate surface area is 115 Å². The summed E-state index contributed by atoms with van der Waals surface area (Å²) in [6.07, 6.45) is 2.46. The molecule has 1 aliphatic carbocycles. The van der Waals surface area contributed by atoms with Crippen LogP contribution in [0, 0.1) is 13.8 Å². The van der Waals surface area contributed by atoms with Crippen LogP contribution in [-0.2, 0) is 0 Å². The molecule has 1 saturated carbocycles. The van der Waals surface area contributed by atoms with Crippen LogP contribution in [0.1, 0.15) is 47.6 Å². The van der Waals surface area contributed by atoms with Crippen molar-refractivity contribution in [2.45, 2.75) is 39.7 Å². The van der Waals surface area contributed by atoms with Crippen molar-refractivity contribution in [3.8, 4) is 0 Å². The van der Waals surface area contributed by atoms with E-state index in [2.05, 4.69) is 11.5 Å². The molecule has 0 bridgehead atoms. The van der Waals surface area contributed by atoms with Gasteiger partial charge in [0.1, 0.15) is 0 Å². The van der Waals surface area contributed by atoms with Gasteiger partial charge in [0.25, 0.3) is 0 Å². The molecule has 0 aromatic carbocycles. The molecule has 0 amide bonds. The minimum absolute atomic E-state index is 0.0994. The lowest BCUT2D eigenvalue weighted by atomic mass is 10.1. The summed E-state index contributed by atoms with van der Waals surface area (Å²) in [5.41, 5.74) is 3.14. The number of Topliss-reactive ketones (excluding diaryl/α,β-unsaturated/α-hetero) is 1. The zero-order valence-electron chi connectivity index (χ0n) is 12.1. The van der Waals surface area contributed by atoms with Gasteiger partial charge in [0.2, 0.25) is 0 Å². The molecule has 4 heteroatoms. The van der Waals surface area contributed by atoms with Crippen LogP contribution < -0.4 is 0 Å². The first-order valence-corrected chi connectivity index (χ1v) is 7.13. The van der Waals surface area contributed by atoms with Crippen LogP contribution in [0.4, 0.5) is 0 Å². The summed E-state index contributed by atoms with van der Waals surface area (Å²) in [5, 5.41) is 8.98. The Balaban J connectivity index is 2.12. The average molecular weight is 264 g/mol. The summed E-state index contributed by atoms with van der Waals surface area (Å²) in [4.78, 5) is 14.4. The average Bonchev–Trinajstić information content (AvgIpc) is 3.15. The Morgan fingerprint density at radius 3 is 2.68 bits per heavy atom. The van der Waals surface area contributed by atoms with E-state index in [1.165, 1.54) is 18.5 Å². The molecule has 1 aromatic heterocycles. The van der Waals surface area contributed by atoms with Gasteiger partial charge in [-0.05, 0) is 39.3 Å². The molecule has 1 aliphatic rings. The van der Waals surface area contributed by atoms with Gasteiger partial charge in [-0.25, -0.2) is 0 Å². The van der Waals surface area contributed by atoms with E-state index in [9.17, 15) is 4.79 Å². The first kappa shape index (κ1) is 14.3. The van der Waals surface area contributed by atoms with E-state index in [1.807, 2.05) is 24.8 Å². The number of hydrogen-bond donors (Lipinski definition) is 1. The fraction of sp³-hybridized carbons (Fsp3) is 0.667. The monoisotopic (exact) mass is 264 g/mol. The SMILES string of the molecule is CCN(CCO)CC(=O)c1cc(C)n(C2CC2)c1C. The van der Waals surface area contributed by atoms with Gasteiger partial charge in [-0.3, -0.25) is 9.69 Å². The second-order valence-corrected chi connectivity index (χ2v) is 5.40. The van der Waals surface area contributed by atoms with Crippen LogP contribution >= 0.6 is 0 Å². The summed E-state index contributed by atoms with van der Waals surface area (Å²) in [7, 11) is 0. The molecule has 19 heavy (non-hydrogen) atoms. The number of likely N-dealkylation sites (N-methyl/N-ethyl adjacent to an activating group) is 1. The summed E-state index contributed by atoms with van der Waals surface area (Å²) in [6.45, 7) is 7.97. The second kappa shape index (κ2) is 5.88. The van der Waals surface area contributed by atoms with Crippen molar-refractivity contribution < 1.29 is 9.90 Å². The van der Waals surface area contributed by atoms with Crippen LogP contribution in [0.3, 0.4) is 0 Å². The summed E-state index contributed by atoms with van der Waals surface area (Å²) >= 11 is 0. The molecule has 1 N–H and O–H groups in total. The number of nitrogens with zero attached hydrogens (tertiary/aromatic N) is 2. The molecular formula is C15H24N2O2. The number of ketones is 1. The number of hydrogen-bond acceptors (Lipinski definition) is 3. The van der Waals surface area contributed by atoms with E-state index in [1.54, 1.807) is 0 Å². The number of aromatic nitrogens is 1. The van der Waals surface area contributed by atoms with Crippen molar-refractivity contribution >= 4 is 5.78 Å². The van der Waals surface area contributed by atoms with Crippen molar-refractivity contribution in [3.05, 3.63) is 23.0 Å². The quantitative estimate of drug-likeness (QED) is 0.766. The summed E-state index contributed by atoms with van der Waals surface area (Å²) in [6, 6.07) is 2.63. The lowest BCUT2D eigenvalue weighted by Gasteiger charge is -2.18. The first-order chi connectivity index (χ1) is 9.08. The van der Waals surface area contributed by atoms with Crippen LogP contribution in [0.15, 0.2) is 6.07 Å². The third kappa shape index (κ3) is 3.07. The lowest BCUT2D eigenvalue weighted by Crippen LogP contribution is -2.32. The highest BCUT2D eigenvalue weighted by Gasteiger charge is 2.28. The van der Waals surface area contributed by atoms with Crippen LogP contribution in [0.2, 0.25) is 0 Å².